The number of anilines is 1. The van der Waals surface area contributed by atoms with Crippen molar-refractivity contribution in [2.45, 2.75) is 6.92 Å². The van der Waals surface area contributed by atoms with Crippen LogP contribution >= 0.6 is 0 Å². The van der Waals surface area contributed by atoms with Gasteiger partial charge in [0.1, 0.15) is 11.6 Å². The molecule has 0 saturated heterocycles. The average molecular weight is 218 g/mol. The Balaban J connectivity index is 2.24. The first kappa shape index (κ1) is 10.4. The molecule has 0 radical (unpaired) electrons. The molecule has 0 aliphatic heterocycles. The summed E-state index contributed by atoms with van der Waals surface area (Å²) in [5, 5.41) is 0. The molecule has 2 N–H and O–H groups in total. The summed E-state index contributed by atoms with van der Waals surface area (Å²) in [7, 11) is 0. The number of hydrogen-bond acceptors (Lipinski definition) is 3. The number of halogens is 1. The van der Waals surface area contributed by atoms with Crippen molar-refractivity contribution in [2.75, 3.05) is 5.73 Å². The molecule has 1 aromatic carbocycles. The summed E-state index contributed by atoms with van der Waals surface area (Å²) >= 11 is 0. The molecule has 0 spiro atoms. The lowest BCUT2D eigenvalue weighted by Gasteiger charge is -2.06. The fourth-order valence-corrected chi connectivity index (χ4v) is 1.26. The minimum atomic E-state index is -0.343. The van der Waals surface area contributed by atoms with Gasteiger partial charge in [-0.3, -0.25) is 0 Å². The predicted octanol–water partition coefficient (Wildman–Crippen LogP) is 2.90. The van der Waals surface area contributed by atoms with Gasteiger partial charge in [-0.1, -0.05) is 6.07 Å². The highest BCUT2D eigenvalue weighted by Gasteiger charge is 2.02. The summed E-state index contributed by atoms with van der Waals surface area (Å²) in [4.78, 5) is 4.13. The van der Waals surface area contributed by atoms with E-state index in [-0.39, 0.29) is 5.82 Å². The van der Waals surface area contributed by atoms with Crippen molar-refractivity contribution in [3.8, 4) is 11.6 Å². The summed E-state index contributed by atoms with van der Waals surface area (Å²) in [5.41, 5.74) is 6.92. The van der Waals surface area contributed by atoms with E-state index in [0.717, 1.165) is 0 Å². The Bertz CT molecular complexity index is 514. The largest absolute Gasteiger partial charge is 0.439 e. The molecule has 1 heterocycles. The highest BCUT2D eigenvalue weighted by atomic mass is 19.1. The van der Waals surface area contributed by atoms with Crippen LogP contribution < -0.4 is 10.5 Å². The van der Waals surface area contributed by atoms with Crippen molar-refractivity contribution in [2.24, 2.45) is 0 Å². The zero-order chi connectivity index (χ0) is 11.5. The van der Waals surface area contributed by atoms with E-state index in [0.29, 0.717) is 23.0 Å². The molecule has 0 fully saturated rings. The van der Waals surface area contributed by atoms with Crippen LogP contribution in [0.15, 0.2) is 36.4 Å². The fraction of sp³-hybridized carbons (Fsp3) is 0.0833. The molecular formula is C12H11FN2O. The first-order valence-corrected chi connectivity index (χ1v) is 4.82. The number of nitrogens with zero attached hydrogens (tertiary/aromatic N) is 1. The van der Waals surface area contributed by atoms with E-state index in [1.807, 2.05) is 0 Å². The zero-order valence-corrected chi connectivity index (χ0v) is 8.77. The molecule has 0 saturated carbocycles. The van der Waals surface area contributed by atoms with Crippen molar-refractivity contribution >= 4 is 5.69 Å². The van der Waals surface area contributed by atoms with E-state index in [4.69, 9.17) is 10.5 Å². The molecule has 0 unspecified atom stereocenters. The van der Waals surface area contributed by atoms with Crippen LogP contribution in [-0.4, -0.2) is 4.98 Å². The molecule has 1 aromatic heterocycles. The van der Waals surface area contributed by atoms with Gasteiger partial charge in [0, 0.05) is 12.1 Å². The van der Waals surface area contributed by atoms with E-state index in [9.17, 15) is 4.39 Å². The number of aryl methyl sites for hydroxylation is 1. The number of pyridine rings is 1. The highest BCUT2D eigenvalue weighted by Crippen LogP contribution is 2.21. The first-order chi connectivity index (χ1) is 7.65. The lowest BCUT2D eigenvalue weighted by molar-refractivity contribution is 0.457. The Labute approximate surface area is 92.7 Å². The van der Waals surface area contributed by atoms with Crippen LogP contribution in [0.5, 0.6) is 11.6 Å². The smallest absolute Gasteiger partial charge is 0.219 e. The Hall–Kier alpha value is -2.10. The van der Waals surface area contributed by atoms with E-state index in [1.165, 1.54) is 12.1 Å². The molecule has 0 aliphatic carbocycles. The van der Waals surface area contributed by atoms with Gasteiger partial charge in [0.25, 0.3) is 0 Å². The third-order valence-corrected chi connectivity index (χ3v) is 2.12. The molecular weight excluding hydrogens is 207 g/mol. The van der Waals surface area contributed by atoms with E-state index in [1.54, 1.807) is 31.2 Å². The molecule has 82 valence electrons. The quantitative estimate of drug-likeness (QED) is 0.843. The third kappa shape index (κ3) is 2.28. The summed E-state index contributed by atoms with van der Waals surface area (Å²) in [6, 6.07) is 9.25. The molecule has 0 aliphatic rings. The number of benzene rings is 1. The van der Waals surface area contributed by atoms with Gasteiger partial charge in [0.2, 0.25) is 5.88 Å². The van der Waals surface area contributed by atoms with Gasteiger partial charge >= 0.3 is 0 Å². The molecule has 0 atom stereocenters. The summed E-state index contributed by atoms with van der Waals surface area (Å²) < 4.78 is 18.3. The maximum absolute atomic E-state index is 12.9. The number of hydrogen-bond donors (Lipinski definition) is 1. The lowest BCUT2D eigenvalue weighted by atomic mass is 10.3. The fourth-order valence-electron chi connectivity index (χ4n) is 1.26. The van der Waals surface area contributed by atoms with Gasteiger partial charge in [0.05, 0.1) is 11.4 Å². The summed E-state index contributed by atoms with van der Waals surface area (Å²) in [6.45, 7) is 1.79. The van der Waals surface area contributed by atoms with E-state index >= 15 is 0 Å². The van der Waals surface area contributed by atoms with Gasteiger partial charge in [-0.2, -0.15) is 0 Å². The highest BCUT2D eigenvalue weighted by molar-refractivity contribution is 5.44. The molecule has 0 amide bonds. The molecule has 2 aromatic rings. The minimum absolute atomic E-state index is 0.343. The summed E-state index contributed by atoms with van der Waals surface area (Å²) in [5.74, 6) is 0.471. The molecule has 3 nitrogen and oxygen atoms in total. The van der Waals surface area contributed by atoms with Gasteiger partial charge in [0.15, 0.2) is 0 Å². The summed E-state index contributed by atoms with van der Waals surface area (Å²) in [6.07, 6.45) is 0. The Kier molecular flexibility index (Phi) is 2.72. The molecule has 16 heavy (non-hydrogen) atoms. The topological polar surface area (TPSA) is 48.1 Å². The lowest BCUT2D eigenvalue weighted by Crippen LogP contribution is -1.95. The Morgan fingerprint density at radius 2 is 2.06 bits per heavy atom. The van der Waals surface area contributed by atoms with Gasteiger partial charge < -0.3 is 10.5 Å². The van der Waals surface area contributed by atoms with Crippen molar-refractivity contribution in [3.63, 3.8) is 0 Å². The van der Waals surface area contributed by atoms with Gasteiger partial charge in [-0.05, 0) is 25.1 Å². The second kappa shape index (κ2) is 4.18. The minimum Gasteiger partial charge on any atom is -0.439 e. The van der Waals surface area contributed by atoms with Crippen LogP contribution in [0.4, 0.5) is 10.1 Å². The van der Waals surface area contributed by atoms with Crippen LogP contribution in [0.3, 0.4) is 0 Å². The van der Waals surface area contributed by atoms with Crippen molar-refractivity contribution in [1.82, 2.24) is 4.98 Å². The van der Waals surface area contributed by atoms with E-state index in [2.05, 4.69) is 4.98 Å². The number of nitrogens with two attached hydrogens (primary N) is 1. The first-order valence-electron chi connectivity index (χ1n) is 4.82. The second-order valence-corrected chi connectivity index (χ2v) is 3.38. The number of ether oxygens (including phenoxy) is 1. The number of nitrogen functional groups attached to an aromatic ring is 1. The normalized spacial score (nSPS) is 10.1. The molecule has 4 heteroatoms. The third-order valence-electron chi connectivity index (χ3n) is 2.12. The van der Waals surface area contributed by atoms with Gasteiger partial charge in [-0.15, -0.1) is 0 Å². The van der Waals surface area contributed by atoms with Crippen LogP contribution in [0.1, 0.15) is 5.69 Å². The van der Waals surface area contributed by atoms with Crippen LogP contribution in [0.2, 0.25) is 0 Å². The Morgan fingerprint density at radius 3 is 2.75 bits per heavy atom. The molecule has 0 bridgehead atoms. The predicted molar refractivity (Wildman–Crippen MR) is 59.9 cm³/mol. The van der Waals surface area contributed by atoms with Crippen molar-refractivity contribution in [1.29, 1.82) is 0 Å². The maximum atomic E-state index is 12.9. The zero-order valence-electron chi connectivity index (χ0n) is 8.77. The monoisotopic (exact) mass is 218 g/mol. The maximum Gasteiger partial charge on any atom is 0.219 e. The number of rotatable bonds is 2. The van der Waals surface area contributed by atoms with Crippen molar-refractivity contribution < 1.29 is 9.13 Å². The standard InChI is InChI=1S/C12H11FN2O/c1-8-11(14)5-6-12(15-8)16-10-4-2-3-9(13)7-10/h2-7H,14H2,1H3. The van der Waals surface area contributed by atoms with E-state index < -0.39 is 0 Å². The van der Waals surface area contributed by atoms with Crippen LogP contribution in [0.25, 0.3) is 0 Å². The van der Waals surface area contributed by atoms with Crippen LogP contribution in [0, 0.1) is 12.7 Å². The van der Waals surface area contributed by atoms with Gasteiger partial charge in [-0.25, -0.2) is 9.37 Å². The average Bonchev–Trinajstić information content (AvgIpc) is 2.24. The van der Waals surface area contributed by atoms with Crippen LogP contribution in [-0.2, 0) is 0 Å². The molecule has 2 rings (SSSR count). The van der Waals surface area contributed by atoms with Crippen molar-refractivity contribution in [3.05, 3.63) is 47.9 Å². The second-order valence-electron chi connectivity index (χ2n) is 3.38. The Morgan fingerprint density at radius 1 is 1.25 bits per heavy atom. The SMILES string of the molecule is Cc1nc(Oc2cccc(F)c2)ccc1N. The number of aromatic nitrogens is 1.